The minimum absolute atomic E-state index is 0.0285. The first kappa shape index (κ1) is 25.7. The maximum atomic E-state index is 10.6. The van der Waals surface area contributed by atoms with E-state index in [0.29, 0.717) is 52.9 Å². The summed E-state index contributed by atoms with van der Waals surface area (Å²) in [6.45, 7) is 0.482. The van der Waals surface area contributed by atoms with Crippen molar-refractivity contribution in [3.8, 4) is 28.7 Å². The van der Waals surface area contributed by atoms with Crippen molar-refractivity contribution >= 4 is 11.6 Å². The molecule has 0 bridgehead atoms. The van der Waals surface area contributed by atoms with Crippen LogP contribution in [0.5, 0.6) is 28.7 Å². The van der Waals surface area contributed by atoms with E-state index in [0.717, 1.165) is 11.1 Å². The maximum absolute atomic E-state index is 10.6. The van der Waals surface area contributed by atoms with Gasteiger partial charge in [-0.2, -0.15) is 0 Å². The molecular formula is C31H30O6. The molecule has 0 unspecified atom stereocenters. The van der Waals surface area contributed by atoms with Gasteiger partial charge in [0.25, 0.3) is 0 Å². The molecule has 0 aliphatic rings. The van der Waals surface area contributed by atoms with E-state index in [1.54, 1.807) is 12.1 Å². The molecule has 0 saturated heterocycles. The standard InChI is InChI=1S/C31H30O6/c1-34-26-17-30(33)29(31(18-26)35-2)15-25(19-32)24-13-27(36-20-22-9-5-3-6-10-22)16-28(14-24)37-21-23-11-7-4-8-12-23/h3-18,32-33H,19-21H2,1-2H3/b25-15+. The Kier molecular flexibility index (Phi) is 8.68. The van der Waals surface area contributed by atoms with E-state index >= 15 is 0 Å². The lowest BCUT2D eigenvalue weighted by molar-refractivity contribution is 0.289. The lowest BCUT2D eigenvalue weighted by Crippen LogP contribution is -2.00. The summed E-state index contributed by atoms with van der Waals surface area (Å²) in [5.74, 6) is 2.04. The summed E-state index contributed by atoms with van der Waals surface area (Å²) >= 11 is 0. The molecule has 0 saturated carbocycles. The molecule has 0 radical (unpaired) electrons. The Morgan fingerprint density at radius 2 is 1.27 bits per heavy atom. The number of phenolic OH excluding ortho intramolecular Hbond substituents is 1. The average molecular weight is 499 g/mol. The van der Waals surface area contributed by atoms with Crippen molar-refractivity contribution in [1.82, 2.24) is 0 Å². The highest BCUT2D eigenvalue weighted by molar-refractivity contribution is 5.86. The average Bonchev–Trinajstić information content (AvgIpc) is 2.95. The number of ether oxygens (including phenoxy) is 4. The Balaban J connectivity index is 1.69. The van der Waals surface area contributed by atoms with Crippen molar-refractivity contribution in [2.45, 2.75) is 13.2 Å². The first-order valence-corrected chi connectivity index (χ1v) is 11.8. The molecule has 37 heavy (non-hydrogen) atoms. The summed E-state index contributed by atoms with van der Waals surface area (Å²) in [4.78, 5) is 0. The number of methoxy groups -OCH3 is 2. The fourth-order valence-electron chi connectivity index (χ4n) is 3.82. The number of phenols is 1. The summed E-state index contributed by atoms with van der Waals surface area (Å²) in [5, 5.41) is 20.9. The molecule has 0 heterocycles. The summed E-state index contributed by atoms with van der Waals surface area (Å²) < 4.78 is 22.9. The Labute approximate surface area is 217 Å². The molecule has 4 aromatic carbocycles. The molecule has 4 aromatic rings. The van der Waals surface area contributed by atoms with Crippen molar-refractivity contribution in [2.75, 3.05) is 20.8 Å². The van der Waals surface area contributed by atoms with Crippen molar-refractivity contribution in [3.63, 3.8) is 0 Å². The highest BCUT2D eigenvalue weighted by Crippen LogP contribution is 2.37. The van der Waals surface area contributed by atoms with Gasteiger partial charge in [-0.15, -0.1) is 0 Å². The predicted molar refractivity (Wildman–Crippen MR) is 144 cm³/mol. The zero-order valence-corrected chi connectivity index (χ0v) is 20.9. The molecule has 0 aliphatic carbocycles. The van der Waals surface area contributed by atoms with E-state index in [1.807, 2.05) is 78.9 Å². The number of benzene rings is 4. The minimum atomic E-state index is -0.283. The number of rotatable bonds is 11. The van der Waals surface area contributed by atoms with Gasteiger partial charge >= 0.3 is 0 Å². The lowest BCUT2D eigenvalue weighted by atomic mass is 10.0. The molecule has 0 spiro atoms. The van der Waals surface area contributed by atoms with Crippen molar-refractivity contribution in [1.29, 1.82) is 0 Å². The third kappa shape index (κ3) is 6.84. The SMILES string of the molecule is COc1cc(O)c(/C=C(\CO)c2cc(OCc3ccccc3)cc(OCc3ccccc3)c2)c(OC)c1. The second-order valence-corrected chi connectivity index (χ2v) is 8.33. The van der Waals surface area contributed by atoms with Crippen LogP contribution in [0.25, 0.3) is 11.6 Å². The van der Waals surface area contributed by atoms with Gasteiger partial charge < -0.3 is 29.2 Å². The lowest BCUT2D eigenvalue weighted by Gasteiger charge is -2.15. The first-order chi connectivity index (χ1) is 18.1. The van der Waals surface area contributed by atoms with Gasteiger partial charge in [0.1, 0.15) is 42.0 Å². The van der Waals surface area contributed by atoms with Crippen LogP contribution in [-0.2, 0) is 13.2 Å². The van der Waals surface area contributed by atoms with E-state index in [-0.39, 0.29) is 12.4 Å². The zero-order chi connectivity index (χ0) is 26.0. The van der Waals surface area contributed by atoms with E-state index < -0.39 is 0 Å². The summed E-state index contributed by atoms with van der Waals surface area (Å²) in [6, 6.07) is 28.4. The molecule has 2 N–H and O–H groups in total. The summed E-state index contributed by atoms with van der Waals surface area (Å²) in [7, 11) is 3.03. The summed E-state index contributed by atoms with van der Waals surface area (Å²) in [6.07, 6.45) is 1.69. The Hall–Kier alpha value is -4.42. The monoisotopic (exact) mass is 498 g/mol. The van der Waals surface area contributed by atoms with E-state index in [2.05, 4.69) is 0 Å². The summed E-state index contributed by atoms with van der Waals surface area (Å²) in [5.41, 5.74) is 3.73. The van der Waals surface area contributed by atoms with Crippen LogP contribution < -0.4 is 18.9 Å². The molecule has 190 valence electrons. The number of hydrogen-bond donors (Lipinski definition) is 2. The van der Waals surface area contributed by atoms with Gasteiger partial charge in [0, 0.05) is 18.2 Å². The van der Waals surface area contributed by atoms with Gasteiger partial charge in [-0.05, 0) is 40.5 Å². The van der Waals surface area contributed by atoms with E-state index in [9.17, 15) is 10.2 Å². The normalized spacial score (nSPS) is 11.2. The highest BCUT2D eigenvalue weighted by atomic mass is 16.5. The van der Waals surface area contributed by atoms with Crippen molar-refractivity contribution in [3.05, 3.63) is 113 Å². The van der Waals surface area contributed by atoms with Gasteiger partial charge in [0.15, 0.2) is 0 Å². The third-order valence-corrected chi connectivity index (χ3v) is 5.79. The Bertz CT molecular complexity index is 1270. The molecule has 0 aromatic heterocycles. The molecule has 4 rings (SSSR count). The van der Waals surface area contributed by atoms with Crippen LogP contribution in [0.3, 0.4) is 0 Å². The zero-order valence-electron chi connectivity index (χ0n) is 20.9. The molecule has 0 amide bonds. The second kappa shape index (κ2) is 12.5. The molecule has 0 fully saturated rings. The second-order valence-electron chi connectivity index (χ2n) is 8.33. The molecule has 6 nitrogen and oxygen atoms in total. The van der Waals surface area contributed by atoms with Gasteiger partial charge in [0.05, 0.1) is 26.4 Å². The van der Waals surface area contributed by atoms with Crippen LogP contribution >= 0.6 is 0 Å². The molecule has 0 aliphatic heterocycles. The number of aromatic hydroxyl groups is 1. The van der Waals surface area contributed by atoms with Crippen molar-refractivity contribution in [2.24, 2.45) is 0 Å². The fraction of sp³-hybridized carbons (Fsp3) is 0.161. The Morgan fingerprint density at radius 1 is 0.703 bits per heavy atom. The van der Waals surface area contributed by atoms with E-state index in [4.69, 9.17) is 18.9 Å². The van der Waals surface area contributed by atoms with Crippen LogP contribution in [0.1, 0.15) is 22.3 Å². The molecular weight excluding hydrogens is 468 g/mol. The largest absolute Gasteiger partial charge is 0.507 e. The highest BCUT2D eigenvalue weighted by Gasteiger charge is 2.14. The predicted octanol–water partition coefficient (Wildman–Crippen LogP) is 6.10. The van der Waals surface area contributed by atoms with Gasteiger partial charge in [-0.1, -0.05) is 60.7 Å². The fourth-order valence-corrected chi connectivity index (χ4v) is 3.82. The smallest absolute Gasteiger partial charge is 0.133 e. The number of aliphatic hydroxyl groups is 1. The maximum Gasteiger partial charge on any atom is 0.133 e. The van der Waals surface area contributed by atoms with Gasteiger partial charge in [-0.25, -0.2) is 0 Å². The minimum Gasteiger partial charge on any atom is -0.507 e. The van der Waals surface area contributed by atoms with Crippen LogP contribution in [-0.4, -0.2) is 31.0 Å². The Morgan fingerprint density at radius 3 is 1.76 bits per heavy atom. The van der Waals surface area contributed by atoms with Crippen LogP contribution in [0.2, 0.25) is 0 Å². The van der Waals surface area contributed by atoms with Crippen LogP contribution in [0.15, 0.2) is 91.0 Å². The van der Waals surface area contributed by atoms with E-state index in [1.165, 1.54) is 20.3 Å². The number of hydrogen-bond acceptors (Lipinski definition) is 6. The van der Waals surface area contributed by atoms with Gasteiger partial charge in [0.2, 0.25) is 0 Å². The number of aliphatic hydroxyl groups excluding tert-OH is 1. The topological polar surface area (TPSA) is 77.4 Å². The quantitative estimate of drug-likeness (QED) is 0.243. The molecule has 6 heteroatoms. The van der Waals surface area contributed by atoms with Crippen LogP contribution in [0.4, 0.5) is 0 Å². The third-order valence-electron chi connectivity index (χ3n) is 5.79. The first-order valence-electron chi connectivity index (χ1n) is 11.8. The van der Waals surface area contributed by atoms with Gasteiger partial charge in [-0.3, -0.25) is 0 Å². The van der Waals surface area contributed by atoms with Crippen LogP contribution in [0, 0.1) is 0 Å². The van der Waals surface area contributed by atoms with Crippen molar-refractivity contribution < 1.29 is 29.2 Å². The molecule has 0 atom stereocenters.